The summed E-state index contributed by atoms with van der Waals surface area (Å²) in [4.78, 5) is 16.6. The SMILES string of the molecule is CC(C)Oc1cccnc1C(=O)NC(C)C(O)Cc1ccccc1. The molecule has 0 spiro atoms. The zero-order valence-corrected chi connectivity index (χ0v) is 14.3. The van der Waals surface area contributed by atoms with Crippen molar-refractivity contribution in [1.29, 1.82) is 0 Å². The molecule has 1 amide bonds. The molecule has 0 fully saturated rings. The van der Waals surface area contributed by atoms with E-state index in [1.54, 1.807) is 25.3 Å². The molecule has 2 N–H and O–H groups in total. The summed E-state index contributed by atoms with van der Waals surface area (Å²) in [5, 5.41) is 13.1. The highest BCUT2D eigenvalue weighted by molar-refractivity contribution is 5.95. The van der Waals surface area contributed by atoms with Gasteiger partial charge in [0.2, 0.25) is 0 Å². The largest absolute Gasteiger partial charge is 0.489 e. The van der Waals surface area contributed by atoms with Crippen molar-refractivity contribution in [2.45, 2.75) is 45.4 Å². The first-order chi connectivity index (χ1) is 11.5. The number of ether oxygens (including phenoxy) is 1. The molecule has 5 heteroatoms. The lowest BCUT2D eigenvalue weighted by atomic mass is 10.0. The van der Waals surface area contributed by atoms with Crippen molar-refractivity contribution < 1.29 is 14.6 Å². The summed E-state index contributed by atoms with van der Waals surface area (Å²) in [7, 11) is 0. The fourth-order valence-corrected chi connectivity index (χ4v) is 2.31. The Hall–Kier alpha value is -2.40. The Labute approximate surface area is 142 Å². The van der Waals surface area contributed by atoms with Crippen molar-refractivity contribution >= 4 is 5.91 Å². The van der Waals surface area contributed by atoms with Crippen LogP contribution in [0.2, 0.25) is 0 Å². The van der Waals surface area contributed by atoms with Gasteiger partial charge in [0.05, 0.1) is 18.2 Å². The Morgan fingerprint density at radius 1 is 1.17 bits per heavy atom. The van der Waals surface area contributed by atoms with E-state index in [2.05, 4.69) is 10.3 Å². The summed E-state index contributed by atoms with van der Waals surface area (Å²) >= 11 is 0. The Morgan fingerprint density at radius 2 is 1.88 bits per heavy atom. The first-order valence-electron chi connectivity index (χ1n) is 8.12. The maximum absolute atomic E-state index is 12.4. The van der Waals surface area contributed by atoms with Gasteiger partial charge >= 0.3 is 0 Å². The molecule has 5 nitrogen and oxygen atoms in total. The van der Waals surface area contributed by atoms with Gasteiger partial charge < -0.3 is 15.2 Å². The van der Waals surface area contributed by atoms with Crippen LogP contribution in [0.4, 0.5) is 0 Å². The summed E-state index contributed by atoms with van der Waals surface area (Å²) < 4.78 is 5.62. The van der Waals surface area contributed by atoms with Crippen LogP contribution in [-0.4, -0.2) is 34.2 Å². The summed E-state index contributed by atoms with van der Waals surface area (Å²) in [6, 6.07) is 12.7. The van der Waals surface area contributed by atoms with Crippen molar-refractivity contribution in [3.8, 4) is 5.75 Å². The molecular weight excluding hydrogens is 304 g/mol. The predicted molar refractivity (Wildman–Crippen MR) is 93.1 cm³/mol. The third-order valence-electron chi connectivity index (χ3n) is 3.57. The van der Waals surface area contributed by atoms with Gasteiger partial charge in [-0.15, -0.1) is 0 Å². The highest BCUT2D eigenvalue weighted by Crippen LogP contribution is 2.17. The fraction of sp³-hybridized carbons (Fsp3) is 0.368. The number of carbonyl (C=O) groups is 1. The topological polar surface area (TPSA) is 71.5 Å². The fourth-order valence-electron chi connectivity index (χ4n) is 2.31. The average molecular weight is 328 g/mol. The molecule has 2 rings (SSSR count). The van der Waals surface area contributed by atoms with Crippen molar-refractivity contribution in [2.24, 2.45) is 0 Å². The van der Waals surface area contributed by atoms with Gasteiger partial charge in [-0.2, -0.15) is 0 Å². The van der Waals surface area contributed by atoms with Gasteiger partial charge in [0.1, 0.15) is 0 Å². The predicted octanol–water partition coefficient (Wildman–Crippen LogP) is 2.59. The van der Waals surface area contributed by atoms with E-state index in [0.29, 0.717) is 12.2 Å². The first-order valence-corrected chi connectivity index (χ1v) is 8.12. The number of carbonyl (C=O) groups excluding carboxylic acids is 1. The molecular formula is C19H24N2O3. The second kappa shape index (κ2) is 8.45. The normalized spacial score (nSPS) is 13.4. The summed E-state index contributed by atoms with van der Waals surface area (Å²) in [5.74, 6) is 0.0839. The lowest BCUT2D eigenvalue weighted by Gasteiger charge is -2.21. The van der Waals surface area contributed by atoms with E-state index in [-0.39, 0.29) is 17.7 Å². The molecule has 0 aliphatic rings. The molecule has 0 saturated carbocycles. The van der Waals surface area contributed by atoms with Gasteiger partial charge in [-0.3, -0.25) is 4.79 Å². The van der Waals surface area contributed by atoms with Gasteiger partial charge in [0.15, 0.2) is 11.4 Å². The van der Waals surface area contributed by atoms with Gasteiger partial charge in [-0.25, -0.2) is 4.98 Å². The maximum Gasteiger partial charge on any atom is 0.274 e. The minimum atomic E-state index is -0.686. The van der Waals surface area contributed by atoms with Crippen molar-refractivity contribution in [2.75, 3.05) is 0 Å². The molecule has 0 aliphatic carbocycles. The van der Waals surface area contributed by atoms with Gasteiger partial charge in [0, 0.05) is 12.6 Å². The highest BCUT2D eigenvalue weighted by Gasteiger charge is 2.21. The number of hydrogen-bond acceptors (Lipinski definition) is 4. The Kier molecular flexibility index (Phi) is 6.32. The lowest BCUT2D eigenvalue weighted by molar-refractivity contribution is 0.0841. The van der Waals surface area contributed by atoms with E-state index in [1.165, 1.54) is 0 Å². The molecule has 2 unspecified atom stereocenters. The van der Waals surface area contributed by atoms with Gasteiger partial charge in [-0.05, 0) is 38.5 Å². The number of nitrogens with zero attached hydrogens (tertiary/aromatic N) is 1. The zero-order valence-electron chi connectivity index (χ0n) is 14.3. The minimum absolute atomic E-state index is 0.0538. The quantitative estimate of drug-likeness (QED) is 0.819. The number of aromatic nitrogens is 1. The lowest BCUT2D eigenvalue weighted by Crippen LogP contribution is -2.42. The molecule has 0 radical (unpaired) electrons. The smallest absolute Gasteiger partial charge is 0.274 e. The average Bonchev–Trinajstić information content (AvgIpc) is 2.55. The second-order valence-corrected chi connectivity index (χ2v) is 6.04. The van der Waals surface area contributed by atoms with E-state index < -0.39 is 12.1 Å². The van der Waals surface area contributed by atoms with E-state index in [4.69, 9.17) is 4.74 Å². The van der Waals surface area contributed by atoms with Crippen LogP contribution in [-0.2, 0) is 6.42 Å². The van der Waals surface area contributed by atoms with Crippen LogP contribution in [0.1, 0.15) is 36.8 Å². The number of amides is 1. The van der Waals surface area contributed by atoms with Crippen LogP contribution >= 0.6 is 0 Å². The highest BCUT2D eigenvalue weighted by atomic mass is 16.5. The van der Waals surface area contributed by atoms with E-state index in [9.17, 15) is 9.90 Å². The monoisotopic (exact) mass is 328 g/mol. The molecule has 0 aliphatic heterocycles. The molecule has 0 saturated heterocycles. The summed E-state index contributed by atoms with van der Waals surface area (Å²) in [6.45, 7) is 5.55. The third-order valence-corrected chi connectivity index (χ3v) is 3.57. The van der Waals surface area contributed by atoms with Crippen molar-refractivity contribution in [1.82, 2.24) is 10.3 Å². The first kappa shape index (κ1) is 17.9. The number of aliphatic hydroxyl groups is 1. The Bertz CT molecular complexity index is 659. The molecule has 2 aromatic rings. The zero-order chi connectivity index (χ0) is 17.5. The van der Waals surface area contributed by atoms with Crippen LogP contribution < -0.4 is 10.1 Å². The number of rotatable bonds is 7. The van der Waals surface area contributed by atoms with Gasteiger partial charge in [-0.1, -0.05) is 30.3 Å². The van der Waals surface area contributed by atoms with Gasteiger partial charge in [0.25, 0.3) is 5.91 Å². The Balaban J connectivity index is 2.01. The van der Waals surface area contributed by atoms with Crippen LogP contribution in [0.3, 0.4) is 0 Å². The van der Waals surface area contributed by atoms with Crippen LogP contribution in [0.5, 0.6) is 5.75 Å². The summed E-state index contributed by atoms with van der Waals surface area (Å²) in [6.07, 6.45) is 1.28. The van der Waals surface area contributed by atoms with E-state index in [0.717, 1.165) is 5.56 Å². The molecule has 2 atom stereocenters. The molecule has 1 aromatic carbocycles. The molecule has 128 valence electrons. The van der Waals surface area contributed by atoms with Crippen LogP contribution in [0.15, 0.2) is 48.7 Å². The Morgan fingerprint density at radius 3 is 2.54 bits per heavy atom. The number of nitrogens with one attached hydrogen (secondary N) is 1. The standard InChI is InChI=1S/C19H24N2O3/c1-13(2)24-17-10-7-11-20-18(17)19(23)21-14(3)16(22)12-15-8-5-4-6-9-15/h4-11,13-14,16,22H,12H2,1-3H3,(H,21,23). The molecule has 1 aromatic heterocycles. The number of hydrogen-bond donors (Lipinski definition) is 2. The molecule has 0 bridgehead atoms. The van der Waals surface area contributed by atoms with Crippen LogP contribution in [0, 0.1) is 0 Å². The molecule has 24 heavy (non-hydrogen) atoms. The number of benzene rings is 1. The number of pyridine rings is 1. The minimum Gasteiger partial charge on any atom is -0.489 e. The van der Waals surface area contributed by atoms with E-state index >= 15 is 0 Å². The van der Waals surface area contributed by atoms with Crippen molar-refractivity contribution in [3.63, 3.8) is 0 Å². The third kappa shape index (κ3) is 5.06. The molecule has 1 heterocycles. The van der Waals surface area contributed by atoms with Crippen LogP contribution in [0.25, 0.3) is 0 Å². The van der Waals surface area contributed by atoms with Crippen molar-refractivity contribution in [3.05, 3.63) is 59.9 Å². The number of aliphatic hydroxyl groups excluding tert-OH is 1. The van der Waals surface area contributed by atoms with E-state index in [1.807, 2.05) is 44.2 Å². The second-order valence-electron chi connectivity index (χ2n) is 6.04. The maximum atomic E-state index is 12.4. The summed E-state index contributed by atoms with van der Waals surface area (Å²) in [5.41, 5.74) is 1.25.